The predicted octanol–water partition coefficient (Wildman–Crippen LogP) is 4.48. The topological polar surface area (TPSA) is 50.2 Å². The number of alkyl halides is 1. The van der Waals surface area contributed by atoms with E-state index in [0.717, 1.165) is 23.3 Å². The van der Waals surface area contributed by atoms with Gasteiger partial charge in [0.2, 0.25) is 0 Å². The Morgan fingerprint density at radius 1 is 1.44 bits per heavy atom. The smallest absolute Gasteiger partial charge is 0.319 e. The Morgan fingerprint density at radius 3 is 2.81 bits per heavy atom. The zero-order valence-electron chi connectivity index (χ0n) is 15.4. The molecule has 2 heterocycles. The first-order valence-electron chi connectivity index (χ1n) is 8.80. The van der Waals surface area contributed by atoms with Crippen molar-refractivity contribution in [3.8, 4) is 5.69 Å². The number of carbonyl (C=O) groups is 1. The molecule has 0 unspecified atom stereocenters. The van der Waals surface area contributed by atoms with Gasteiger partial charge >= 0.3 is 6.03 Å². The first-order valence-corrected chi connectivity index (χ1v) is 8.80. The van der Waals surface area contributed by atoms with E-state index < -0.39 is 18.0 Å². The number of aromatic nitrogens is 2. The molecule has 1 N–H and O–H groups in total. The van der Waals surface area contributed by atoms with Crippen molar-refractivity contribution < 1.29 is 13.6 Å². The Balaban J connectivity index is 1.85. The summed E-state index contributed by atoms with van der Waals surface area (Å²) in [5.74, 6) is -0.460. The van der Waals surface area contributed by atoms with Gasteiger partial charge in [-0.05, 0) is 43.2 Å². The number of hydrogen-bond acceptors (Lipinski definition) is 2. The van der Waals surface area contributed by atoms with Gasteiger partial charge in [0.1, 0.15) is 17.7 Å². The first kappa shape index (κ1) is 18.8. The van der Waals surface area contributed by atoms with Crippen LogP contribution in [0.15, 0.2) is 42.6 Å². The van der Waals surface area contributed by atoms with Crippen LogP contribution in [0.2, 0.25) is 0 Å². The van der Waals surface area contributed by atoms with Crippen molar-refractivity contribution in [3.05, 3.63) is 59.7 Å². The van der Waals surface area contributed by atoms with Gasteiger partial charge in [-0.25, -0.2) is 18.3 Å². The van der Waals surface area contributed by atoms with Crippen LogP contribution in [-0.2, 0) is 0 Å². The van der Waals surface area contributed by atoms with Crippen molar-refractivity contribution >= 4 is 17.8 Å². The van der Waals surface area contributed by atoms with Gasteiger partial charge in [0, 0.05) is 17.4 Å². The summed E-state index contributed by atoms with van der Waals surface area (Å²) in [4.78, 5) is 13.4. The number of benzene rings is 1. The molecule has 1 aromatic carbocycles. The summed E-state index contributed by atoms with van der Waals surface area (Å²) in [7, 11) is 0. The molecule has 1 aliphatic rings. The second-order valence-corrected chi connectivity index (χ2v) is 6.49. The highest BCUT2D eigenvalue weighted by Gasteiger charge is 2.30. The second kappa shape index (κ2) is 7.73. The van der Waals surface area contributed by atoms with E-state index >= 15 is 0 Å². The average Bonchev–Trinajstić information content (AvgIpc) is 2.98. The zero-order valence-corrected chi connectivity index (χ0v) is 15.4. The minimum atomic E-state index is -0.971. The fourth-order valence-electron chi connectivity index (χ4n) is 2.80. The lowest BCUT2D eigenvalue weighted by molar-refractivity contribution is 0.0974. The molecule has 27 heavy (non-hydrogen) atoms. The molecule has 0 atom stereocenters. The van der Waals surface area contributed by atoms with E-state index in [0.29, 0.717) is 5.69 Å². The number of allylic oxidation sites excluding steroid dienone is 2. The Kier molecular flexibility index (Phi) is 5.39. The normalized spacial score (nSPS) is 14.8. The summed E-state index contributed by atoms with van der Waals surface area (Å²) in [6.07, 6.45) is 5.35. The number of aryl methyl sites for hydroxylation is 1. The third kappa shape index (κ3) is 4.07. The number of likely N-dealkylation sites (tertiary alicyclic amines) is 1. The molecule has 1 aliphatic heterocycles. The summed E-state index contributed by atoms with van der Waals surface area (Å²) in [5.41, 5.74) is 3.32. The lowest BCUT2D eigenvalue weighted by Crippen LogP contribution is -2.53. The number of carbonyl (C=O) groups excluding carboxylic acids is 1. The third-order valence-electron chi connectivity index (χ3n) is 4.52. The molecule has 0 radical (unpaired) electrons. The van der Waals surface area contributed by atoms with E-state index in [1.807, 2.05) is 19.9 Å². The van der Waals surface area contributed by atoms with E-state index in [1.54, 1.807) is 12.3 Å². The van der Waals surface area contributed by atoms with Crippen molar-refractivity contribution in [3.63, 3.8) is 0 Å². The van der Waals surface area contributed by atoms with Gasteiger partial charge in [-0.2, -0.15) is 5.10 Å². The van der Waals surface area contributed by atoms with Crippen LogP contribution in [0.25, 0.3) is 11.8 Å². The van der Waals surface area contributed by atoms with Gasteiger partial charge in [-0.15, -0.1) is 0 Å². The van der Waals surface area contributed by atoms with Gasteiger partial charge in [-0.3, -0.25) is 0 Å². The third-order valence-corrected chi connectivity index (χ3v) is 4.52. The van der Waals surface area contributed by atoms with Crippen LogP contribution in [0, 0.1) is 12.7 Å². The van der Waals surface area contributed by atoms with E-state index in [-0.39, 0.29) is 18.8 Å². The fourth-order valence-corrected chi connectivity index (χ4v) is 2.80. The van der Waals surface area contributed by atoms with Gasteiger partial charge in [-0.1, -0.05) is 19.6 Å². The lowest BCUT2D eigenvalue weighted by Gasteiger charge is -2.34. The molecular weight excluding hydrogens is 350 g/mol. The van der Waals surface area contributed by atoms with Crippen molar-refractivity contribution in [1.29, 1.82) is 0 Å². The molecule has 7 heteroatoms. The number of nitrogens with one attached hydrogen (secondary N) is 1. The molecule has 0 bridgehead atoms. The van der Waals surface area contributed by atoms with Crippen LogP contribution in [0.4, 0.5) is 19.3 Å². The lowest BCUT2D eigenvalue weighted by atomic mass is 10.1. The maximum Gasteiger partial charge on any atom is 0.322 e. The molecular formula is C20H22F2N4O. The first-order chi connectivity index (χ1) is 12.9. The summed E-state index contributed by atoms with van der Waals surface area (Å²) in [5, 5.41) is 7.04. The van der Waals surface area contributed by atoms with Crippen LogP contribution >= 0.6 is 0 Å². The van der Waals surface area contributed by atoms with Crippen molar-refractivity contribution in [1.82, 2.24) is 14.7 Å². The number of hydrogen-bond donors (Lipinski definition) is 1. The molecule has 1 fully saturated rings. The monoisotopic (exact) mass is 372 g/mol. The Labute approximate surface area is 157 Å². The van der Waals surface area contributed by atoms with Crippen molar-refractivity contribution in [2.24, 2.45) is 0 Å². The summed E-state index contributed by atoms with van der Waals surface area (Å²) in [6, 6.07) is 3.84. The average molecular weight is 372 g/mol. The molecule has 3 rings (SSSR count). The number of anilines is 1. The quantitative estimate of drug-likeness (QED) is 0.787. The highest BCUT2D eigenvalue weighted by atomic mass is 19.1. The molecule has 1 aromatic heterocycles. The van der Waals surface area contributed by atoms with Crippen LogP contribution in [0.5, 0.6) is 0 Å². The highest BCUT2D eigenvalue weighted by Crippen LogP contribution is 2.22. The number of rotatable bonds is 5. The number of amides is 2. The van der Waals surface area contributed by atoms with Crippen LogP contribution in [0.3, 0.4) is 0 Å². The summed E-state index contributed by atoms with van der Waals surface area (Å²) in [6.45, 7) is 7.82. The SMILES string of the molecule is C=C/C(=C\c1cn(-c2cc(NC(=O)N3CC(F)C3)ccc2F)nc1C)CC. The Morgan fingerprint density at radius 2 is 2.19 bits per heavy atom. The maximum atomic E-state index is 14.4. The van der Waals surface area contributed by atoms with Gasteiger partial charge in [0.05, 0.1) is 18.8 Å². The van der Waals surface area contributed by atoms with E-state index in [1.165, 1.54) is 27.8 Å². The largest absolute Gasteiger partial charge is 0.322 e. The minimum Gasteiger partial charge on any atom is -0.319 e. The highest BCUT2D eigenvalue weighted by molar-refractivity contribution is 5.90. The van der Waals surface area contributed by atoms with Gasteiger partial charge < -0.3 is 10.2 Å². The van der Waals surface area contributed by atoms with Gasteiger partial charge in [0.25, 0.3) is 0 Å². The van der Waals surface area contributed by atoms with E-state index in [4.69, 9.17) is 0 Å². The Hall–Kier alpha value is -2.96. The van der Waals surface area contributed by atoms with E-state index in [9.17, 15) is 13.6 Å². The molecule has 0 saturated carbocycles. The van der Waals surface area contributed by atoms with Crippen molar-refractivity contribution in [2.45, 2.75) is 26.4 Å². The predicted molar refractivity (Wildman–Crippen MR) is 102 cm³/mol. The van der Waals surface area contributed by atoms with E-state index in [2.05, 4.69) is 17.0 Å². The van der Waals surface area contributed by atoms with Gasteiger partial charge in [0.15, 0.2) is 0 Å². The molecule has 0 aliphatic carbocycles. The number of nitrogens with zero attached hydrogens (tertiary/aromatic N) is 3. The molecule has 1 saturated heterocycles. The maximum absolute atomic E-state index is 14.4. The molecule has 2 amide bonds. The molecule has 2 aromatic rings. The molecule has 142 valence electrons. The zero-order chi connectivity index (χ0) is 19.6. The number of urea groups is 1. The molecule has 0 spiro atoms. The van der Waals surface area contributed by atoms with Crippen LogP contribution < -0.4 is 5.32 Å². The Bertz CT molecular complexity index is 897. The second-order valence-electron chi connectivity index (χ2n) is 6.49. The minimum absolute atomic E-state index is 0.0804. The van der Waals surface area contributed by atoms with Crippen LogP contribution in [-0.4, -0.2) is 40.0 Å². The standard InChI is InChI=1S/C20H22F2N4O/c1-4-14(5-2)8-15-10-26(24-13(15)3)19-9-17(6-7-18(19)22)23-20(27)25-11-16(21)12-25/h4,6-10,16H,1,5,11-12H2,2-3H3,(H,23,27)/b14-8+. The number of halogens is 2. The van der Waals surface area contributed by atoms with Crippen LogP contribution in [0.1, 0.15) is 24.6 Å². The summed E-state index contributed by atoms with van der Waals surface area (Å²) >= 11 is 0. The molecule has 5 nitrogen and oxygen atoms in total. The summed E-state index contributed by atoms with van der Waals surface area (Å²) < 4.78 is 28.7. The van der Waals surface area contributed by atoms with Crippen molar-refractivity contribution in [2.75, 3.05) is 18.4 Å². The fraction of sp³-hybridized carbons (Fsp3) is 0.300.